The van der Waals surface area contributed by atoms with E-state index in [0.717, 1.165) is 31.6 Å². The van der Waals surface area contributed by atoms with Gasteiger partial charge in [0.15, 0.2) is 0 Å². The van der Waals surface area contributed by atoms with E-state index in [1.807, 2.05) is 0 Å². The van der Waals surface area contributed by atoms with Crippen molar-refractivity contribution in [2.75, 3.05) is 13.7 Å². The lowest BCUT2D eigenvalue weighted by Gasteiger charge is -2.11. The Bertz CT molecular complexity index is 403. The van der Waals surface area contributed by atoms with E-state index < -0.39 is 0 Å². The predicted octanol–water partition coefficient (Wildman–Crippen LogP) is 1.55. The highest BCUT2D eigenvalue weighted by Crippen LogP contribution is 2.23. The summed E-state index contributed by atoms with van der Waals surface area (Å²) < 4.78 is 5.06. The molecule has 1 amide bonds. The molecule has 4 heteroatoms. The molecule has 2 rings (SSSR count). The number of rotatable bonds is 4. The van der Waals surface area contributed by atoms with Crippen molar-refractivity contribution in [3.05, 3.63) is 29.8 Å². The van der Waals surface area contributed by atoms with Crippen LogP contribution in [0.5, 0.6) is 5.75 Å². The summed E-state index contributed by atoms with van der Waals surface area (Å²) in [5.41, 5.74) is 6.51. The van der Waals surface area contributed by atoms with Gasteiger partial charge in [-0.1, -0.05) is 0 Å². The number of carbonyl (C=O) groups is 1. The Morgan fingerprint density at radius 1 is 1.39 bits per heavy atom. The van der Waals surface area contributed by atoms with Crippen LogP contribution in [-0.4, -0.2) is 25.6 Å². The van der Waals surface area contributed by atoms with E-state index in [-0.39, 0.29) is 5.91 Å². The van der Waals surface area contributed by atoms with Crippen LogP contribution in [0.4, 0.5) is 0 Å². The summed E-state index contributed by atoms with van der Waals surface area (Å²) >= 11 is 0. The van der Waals surface area contributed by atoms with Gasteiger partial charge in [0.05, 0.1) is 7.11 Å². The van der Waals surface area contributed by atoms with Crippen molar-refractivity contribution < 1.29 is 9.53 Å². The van der Waals surface area contributed by atoms with Gasteiger partial charge in [-0.2, -0.15) is 0 Å². The van der Waals surface area contributed by atoms with Crippen LogP contribution in [0.25, 0.3) is 0 Å². The molecule has 98 valence electrons. The molecule has 0 saturated heterocycles. The Morgan fingerprint density at radius 3 is 2.67 bits per heavy atom. The first-order valence-electron chi connectivity index (χ1n) is 6.37. The van der Waals surface area contributed by atoms with Crippen molar-refractivity contribution in [1.29, 1.82) is 0 Å². The van der Waals surface area contributed by atoms with E-state index in [9.17, 15) is 4.79 Å². The Hall–Kier alpha value is -1.55. The molecule has 1 saturated carbocycles. The molecule has 1 aliphatic carbocycles. The van der Waals surface area contributed by atoms with Crippen LogP contribution < -0.4 is 15.8 Å². The zero-order valence-corrected chi connectivity index (χ0v) is 10.7. The van der Waals surface area contributed by atoms with Crippen LogP contribution in [-0.2, 0) is 0 Å². The average molecular weight is 248 g/mol. The number of carbonyl (C=O) groups excluding carboxylic acids is 1. The van der Waals surface area contributed by atoms with Gasteiger partial charge >= 0.3 is 0 Å². The molecule has 18 heavy (non-hydrogen) atoms. The Balaban J connectivity index is 1.83. The fraction of sp³-hybridized carbons (Fsp3) is 0.500. The molecular weight excluding hydrogens is 228 g/mol. The van der Waals surface area contributed by atoms with Gasteiger partial charge < -0.3 is 15.8 Å². The van der Waals surface area contributed by atoms with E-state index in [1.54, 1.807) is 31.4 Å². The number of hydrogen-bond donors (Lipinski definition) is 2. The average Bonchev–Trinajstić information content (AvgIpc) is 2.82. The third-order valence-electron chi connectivity index (χ3n) is 3.49. The van der Waals surface area contributed by atoms with Gasteiger partial charge in [-0.25, -0.2) is 0 Å². The predicted molar refractivity (Wildman–Crippen MR) is 70.6 cm³/mol. The molecule has 2 unspecified atom stereocenters. The number of nitrogens with one attached hydrogen (secondary N) is 1. The van der Waals surface area contributed by atoms with E-state index in [1.165, 1.54) is 0 Å². The molecule has 2 atom stereocenters. The van der Waals surface area contributed by atoms with E-state index in [2.05, 4.69) is 5.32 Å². The maximum atomic E-state index is 11.9. The second-order valence-corrected chi connectivity index (χ2v) is 4.88. The minimum Gasteiger partial charge on any atom is -0.497 e. The number of methoxy groups -OCH3 is 1. The fourth-order valence-electron chi connectivity index (χ4n) is 2.38. The maximum Gasteiger partial charge on any atom is 0.251 e. The number of benzene rings is 1. The monoisotopic (exact) mass is 248 g/mol. The molecule has 0 aliphatic heterocycles. The second-order valence-electron chi connectivity index (χ2n) is 4.88. The van der Waals surface area contributed by atoms with Gasteiger partial charge in [-0.05, 0) is 49.4 Å². The normalized spacial score (nSPS) is 22.8. The molecule has 1 aliphatic rings. The zero-order valence-electron chi connectivity index (χ0n) is 10.7. The van der Waals surface area contributed by atoms with Gasteiger partial charge in [-0.3, -0.25) is 4.79 Å². The topological polar surface area (TPSA) is 64.3 Å². The van der Waals surface area contributed by atoms with E-state index in [0.29, 0.717) is 17.5 Å². The third-order valence-corrected chi connectivity index (χ3v) is 3.49. The summed E-state index contributed by atoms with van der Waals surface area (Å²) in [5.74, 6) is 1.26. The van der Waals surface area contributed by atoms with Crippen molar-refractivity contribution in [3.63, 3.8) is 0 Å². The van der Waals surface area contributed by atoms with Gasteiger partial charge in [0.1, 0.15) is 5.75 Å². The number of ether oxygens (including phenoxy) is 1. The standard InChI is InChI=1S/C14H20N2O2/c1-18-13-6-3-11(4-7-13)14(17)16-9-10-2-5-12(15)8-10/h3-4,6-7,10,12H,2,5,8-9,15H2,1H3,(H,16,17). The lowest BCUT2D eigenvalue weighted by Crippen LogP contribution is -2.29. The van der Waals surface area contributed by atoms with Gasteiger partial charge in [0.2, 0.25) is 0 Å². The Labute approximate surface area is 108 Å². The molecule has 0 radical (unpaired) electrons. The largest absolute Gasteiger partial charge is 0.497 e. The molecule has 4 nitrogen and oxygen atoms in total. The molecule has 0 spiro atoms. The molecule has 3 N–H and O–H groups in total. The van der Waals surface area contributed by atoms with Gasteiger partial charge in [0, 0.05) is 18.2 Å². The molecule has 1 aromatic rings. The molecule has 1 aromatic carbocycles. The molecule has 0 heterocycles. The number of nitrogens with two attached hydrogens (primary N) is 1. The summed E-state index contributed by atoms with van der Waals surface area (Å²) in [6.45, 7) is 0.721. The Kier molecular flexibility index (Phi) is 4.20. The fourth-order valence-corrected chi connectivity index (χ4v) is 2.38. The van der Waals surface area contributed by atoms with Gasteiger partial charge in [0.25, 0.3) is 5.91 Å². The molecule has 1 fully saturated rings. The molecular formula is C14H20N2O2. The molecule has 0 aromatic heterocycles. The van der Waals surface area contributed by atoms with Crippen LogP contribution in [0.2, 0.25) is 0 Å². The summed E-state index contributed by atoms with van der Waals surface area (Å²) in [5, 5.41) is 2.96. The van der Waals surface area contributed by atoms with Crippen molar-refractivity contribution in [2.45, 2.75) is 25.3 Å². The second kappa shape index (κ2) is 5.87. The highest BCUT2D eigenvalue weighted by atomic mass is 16.5. The smallest absolute Gasteiger partial charge is 0.251 e. The van der Waals surface area contributed by atoms with E-state index >= 15 is 0 Å². The minimum atomic E-state index is -0.0295. The summed E-state index contributed by atoms with van der Waals surface area (Å²) in [4.78, 5) is 11.9. The summed E-state index contributed by atoms with van der Waals surface area (Å²) in [6.07, 6.45) is 3.20. The first-order chi connectivity index (χ1) is 8.69. The van der Waals surface area contributed by atoms with Crippen molar-refractivity contribution in [1.82, 2.24) is 5.32 Å². The quantitative estimate of drug-likeness (QED) is 0.849. The Morgan fingerprint density at radius 2 is 2.11 bits per heavy atom. The highest BCUT2D eigenvalue weighted by molar-refractivity contribution is 5.94. The van der Waals surface area contributed by atoms with Crippen LogP contribution in [0.3, 0.4) is 0 Å². The maximum absolute atomic E-state index is 11.9. The van der Waals surface area contributed by atoms with Crippen molar-refractivity contribution in [3.8, 4) is 5.75 Å². The van der Waals surface area contributed by atoms with E-state index in [4.69, 9.17) is 10.5 Å². The molecule has 0 bridgehead atoms. The van der Waals surface area contributed by atoms with Crippen LogP contribution in [0.1, 0.15) is 29.6 Å². The highest BCUT2D eigenvalue weighted by Gasteiger charge is 2.22. The van der Waals surface area contributed by atoms with Gasteiger partial charge in [-0.15, -0.1) is 0 Å². The van der Waals surface area contributed by atoms with Crippen LogP contribution in [0, 0.1) is 5.92 Å². The lowest BCUT2D eigenvalue weighted by molar-refractivity contribution is 0.0947. The summed E-state index contributed by atoms with van der Waals surface area (Å²) in [7, 11) is 1.61. The van der Waals surface area contributed by atoms with Crippen LogP contribution >= 0.6 is 0 Å². The zero-order chi connectivity index (χ0) is 13.0. The number of hydrogen-bond acceptors (Lipinski definition) is 3. The lowest BCUT2D eigenvalue weighted by atomic mass is 10.1. The van der Waals surface area contributed by atoms with Crippen LogP contribution in [0.15, 0.2) is 24.3 Å². The third kappa shape index (κ3) is 3.23. The summed E-state index contributed by atoms with van der Waals surface area (Å²) in [6, 6.07) is 7.44. The first kappa shape index (κ1) is 12.9. The number of amides is 1. The first-order valence-corrected chi connectivity index (χ1v) is 6.37. The van der Waals surface area contributed by atoms with Crippen molar-refractivity contribution in [2.24, 2.45) is 11.7 Å². The minimum absolute atomic E-state index is 0.0295. The SMILES string of the molecule is COc1ccc(C(=O)NCC2CCC(N)C2)cc1. The van der Waals surface area contributed by atoms with Crippen molar-refractivity contribution >= 4 is 5.91 Å².